The van der Waals surface area contributed by atoms with Gasteiger partial charge in [-0.25, -0.2) is 4.57 Å². The zero-order valence-corrected chi connectivity index (χ0v) is 15.9. The summed E-state index contributed by atoms with van der Waals surface area (Å²) in [6, 6.07) is 0. The summed E-state index contributed by atoms with van der Waals surface area (Å²) in [5, 5.41) is 2.59. The van der Waals surface area contributed by atoms with E-state index in [0.29, 0.717) is 12.3 Å². The molecule has 1 heterocycles. The third kappa shape index (κ3) is 6.51. The minimum atomic E-state index is -3.77. The second-order valence-corrected chi connectivity index (χ2v) is 8.45. The van der Waals surface area contributed by atoms with E-state index in [1.54, 1.807) is 13.8 Å². The van der Waals surface area contributed by atoms with Crippen molar-refractivity contribution in [1.29, 1.82) is 0 Å². The molecule has 0 aliphatic carbocycles. The van der Waals surface area contributed by atoms with Crippen LogP contribution in [0.3, 0.4) is 0 Å². The lowest BCUT2D eigenvalue weighted by atomic mass is 9.87. The first kappa shape index (κ1) is 21.1. The van der Waals surface area contributed by atoms with Gasteiger partial charge in [0.05, 0.1) is 26.7 Å². The summed E-state index contributed by atoms with van der Waals surface area (Å²) >= 11 is 0. The number of phosphoric acid groups is 1. The van der Waals surface area contributed by atoms with Gasteiger partial charge in [0.2, 0.25) is 5.91 Å². The molecule has 0 radical (unpaired) electrons. The highest BCUT2D eigenvalue weighted by Gasteiger charge is 2.48. The number of ether oxygens (including phenoxy) is 1. The molecule has 1 aliphatic heterocycles. The monoisotopic (exact) mass is 365 g/mol. The molecule has 0 aromatic rings. The lowest BCUT2D eigenvalue weighted by Gasteiger charge is -2.39. The van der Waals surface area contributed by atoms with E-state index in [-0.39, 0.29) is 26.2 Å². The Kier molecular flexibility index (Phi) is 7.86. The van der Waals surface area contributed by atoms with Crippen LogP contribution in [0.25, 0.3) is 0 Å². The summed E-state index contributed by atoms with van der Waals surface area (Å²) in [7, 11) is -2.49. The van der Waals surface area contributed by atoms with Crippen LogP contribution in [0.4, 0.5) is 0 Å². The fourth-order valence-electron chi connectivity index (χ4n) is 1.98. The Bertz CT molecular complexity index is 492. The number of carbonyl (C=O) groups excluding carboxylic acids is 2. The maximum Gasteiger partial charge on any atom is 0.475 e. The molecule has 0 aromatic heterocycles. The number of carbonyl (C=O) groups is 2. The van der Waals surface area contributed by atoms with Crippen molar-refractivity contribution in [2.75, 3.05) is 26.9 Å². The van der Waals surface area contributed by atoms with E-state index in [2.05, 4.69) is 10.1 Å². The van der Waals surface area contributed by atoms with E-state index >= 15 is 0 Å². The smallest absolute Gasteiger partial charge is 0.469 e. The van der Waals surface area contributed by atoms with E-state index in [4.69, 9.17) is 13.6 Å². The van der Waals surface area contributed by atoms with Crippen molar-refractivity contribution in [3.8, 4) is 0 Å². The number of esters is 1. The molecule has 1 saturated heterocycles. The Hall–Kier alpha value is -0.950. The van der Waals surface area contributed by atoms with Gasteiger partial charge >= 0.3 is 13.8 Å². The quantitative estimate of drug-likeness (QED) is 0.520. The minimum absolute atomic E-state index is 0.0500. The van der Waals surface area contributed by atoms with E-state index < -0.39 is 31.2 Å². The van der Waals surface area contributed by atoms with Crippen molar-refractivity contribution >= 4 is 19.7 Å². The summed E-state index contributed by atoms with van der Waals surface area (Å²) in [6.45, 7) is 7.99. The second kappa shape index (κ2) is 8.94. The fourth-order valence-corrected chi connectivity index (χ4v) is 3.63. The first-order valence-corrected chi connectivity index (χ1v) is 9.48. The van der Waals surface area contributed by atoms with E-state index in [9.17, 15) is 14.2 Å². The summed E-state index contributed by atoms with van der Waals surface area (Å²) in [5.41, 5.74) is -0.676. The van der Waals surface area contributed by atoms with Crippen molar-refractivity contribution in [1.82, 2.24) is 5.32 Å². The molecule has 0 saturated carbocycles. The fraction of sp³-hybridized carbons (Fsp3) is 0.867. The maximum atomic E-state index is 12.5. The minimum Gasteiger partial charge on any atom is -0.469 e. The molecule has 0 bridgehead atoms. The number of methoxy groups -OCH3 is 1. The molecule has 0 spiro atoms. The molecule has 9 heteroatoms. The Morgan fingerprint density at radius 3 is 2.62 bits per heavy atom. The number of hydrogen-bond donors (Lipinski definition) is 1. The molecule has 2 atom stereocenters. The Morgan fingerprint density at radius 1 is 1.38 bits per heavy atom. The first-order chi connectivity index (χ1) is 11.1. The van der Waals surface area contributed by atoms with Crippen LogP contribution < -0.4 is 5.32 Å². The second-order valence-electron chi connectivity index (χ2n) is 6.83. The molecular formula is C15H28NO7P. The van der Waals surface area contributed by atoms with E-state index in [0.717, 1.165) is 0 Å². The van der Waals surface area contributed by atoms with Crippen LogP contribution in [0.5, 0.6) is 0 Å². The molecule has 1 N–H and O–H groups in total. The predicted octanol–water partition coefficient (Wildman–Crippen LogP) is 2.28. The van der Waals surface area contributed by atoms with E-state index in [1.165, 1.54) is 7.11 Å². The summed E-state index contributed by atoms with van der Waals surface area (Å²) < 4.78 is 33.0. The number of phosphoric ester groups is 1. The van der Waals surface area contributed by atoms with Crippen molar-refractivity contribution in [3.05, 3.63) is 0 Å². The largest absolute Gasteiger partial charge is 0.475 e. The molecule has 0 unspecified atom stereocenters. The zero-order valence-electron chi connectivity index (χ0n) is 15.0. The molecule has 140 valence electrons. The normalized spacial score (nSPS) is 26.2. The van der Waals surface area contributed by atoms with Gasteiger partial charge in [0.1, 0.15) is 0 Å². The highest BCUT2D eigenvalue weighted by Crippen LogP contribution is 2.57. The molecule has 8 nitrogen and oxygen atoms in total. The third-order valence-electron chi connectivity index (χ3n) is 3.58. The summed E-state index contributed by atoms with van der Waals surface area (Å²) in [5.74, 6) is -0.500. The van der Waals surface area contributed by atoms with Crippen LogP contribution in [0.15, 0.2) is 0 Å². The van der Waals surface area contributed by atoms with Gasteiger partial charge in [0.25, 0.3) is 0 Å². The van der Waals surface area contributed by atoms with Crippen molar-refractivity contribution in [2.45, 2.75) is 46.6 Å². The molecule has 1 fully saturated rings. The number of hydrogen-bond acceptors (Lipinski definition) is 7. The van der Waals surface area contributed by atoms with Crippen LogP contribution in [0.2, 0.25) is 0 Å². The average Bonchev–Trinajstić information content (AvgIpc) is 2.49. The van der Waals surface area contributed by atoms with Crippen LogP contribution in [0, 0.1) is 11.3 Å². The SMILES string of the molecule is COC(=O)CCNC(=O)[C@@H]1O[P@@](=O)(OCCC(C)C)OCC1(C)C. The maximum absolute atomic E-state index is 12.5. The average molecular weight is 365 g/mol. The van der Waals surface area contributed by atoms with Gasteiger partial charge in [-0.15, -0.1) is 0 Å². The van der Waals surface area contributed by atoms with Crippen LogP contribution >= 0.6 is 7.82 Å². The van der Waals surface area contributed by atoms with Gasteiger partial charge in [0.15, 0.2) is 6.10 Å². The molecule has 24 heavy (non-hydrogen) atoms. The Balaban J connectivity index is 2.63. The Morgan fingerprint density at radius 2 is 2.04 bits per heavy atom. The van der Waals surface area contributed by atoms with Crippen molar-refractivity contribution < 1.29 is 32.5 Å². The predicted molar refractivity (Wildman–Crippen MR) is 87.3 cm³/mol. The Labute approximate surface area is 143 Å². The molecule has 0 aromatic carbocycles. The number of nitrogens with one attached hydrogen (secondary N) is 1. The van der Waals surface area contributed by atoms with Crippen molar-refractivity contribution in [3.63, 3.8) is 0 Å². The van der Waals surface area contributed by atoms with Gasteiger partial charge in [-0.1, -0.05) is 27.7 Å². The lowest BCUT2D eigenvalue weighted by Crippen LogP contribution is -2.50. The summed E-state index contributed by atoms with van der Waals surface area (Å²) in [6.07, 6.45) is -0.237. The molecule has 1 rings (SSSR count). The molecular weight excluding hydrogens is 337 g/mol. The van der Waals surface area contributed by atoms with E-state index in [1.807, 2.05) is 13.8 Å². The number of rotatable bonds is 8. The van der Waals surface area contributed by atoms with Crippen LogP contribution in [-0.2, 0) is 32.5 Å². The standard InChI is InChI=1S/C15H28NO7P/c1-11(2)7-9-21-24(19)22-10-15(3,4)13(23-24)14(18)16-8-6-12(17)20-5/h11,13H,6-10H2,1-5H3,(H,16,18)/t13-,24-/m0/s1. The van der Waals surface area contributed by atoms with Crippen LogP contribution in [-0.4, -0.2) is 44.8 Å². The van der Waals surface area contributed by atoms with Gasteiger partial charge in [-0.2, -0.15) is 0 Å². The topological polar surface area (TPSA) is 100 Å². The van der Waals surface area contributed by atoms with Gasteiger partial charge < -0.3 is 10.1 Å². The van der Waals surface area contributed by atoms with Gasteiger partial charge in [-0.05, 0) is 12.3 Å². The lowest BCUT2D eigenvalue weighted by molar-refractivity contribution is -0.143. The zero-order chi connectivity index (χ0) is 18.4. The molecule has 1 aliphatic rings. The highest BCUT2D eigenvalue weighted by molar-refractivity contribution is 7.48. The first-order valence-electron chi connectivity index (χ1n) is 8.01. The third-order valence-corrected chi connectivity index (χ3v) is 4.99. The van der Waals surface area contributed by atoms with Gasteiger partial charge in [0, 0.05) is 12.0 Å². The molecule has 1 amide bonds. The van der Waals surface area contributed by atoms with Crippen molar-refractivity contribution in [2.24, 2.45) is 11.3 Å². The number of amides is 1. The van der Waals surface area contributed by atoms with Gasteiger partial charge in [-0.3, -0.25) is 23.2 Å². The van der Waals surface area contributed by atoms with Crippen LogP contribution in [0.1, 0.15) is 40.5 Å². The highest BCUT2D eigenvalue weighted by atomic mass is 31.2. The summed E-state index contributed by atoms with van der Waals surface area (Å²) in [4.78, 5) is 23.4.